The smallest absolute Gasteiger partial charge is 0.408 e. The van der Waals surface area contributed by atoms with Crippen molar-refractivity contribution in [3.05, 3.63) is 71.3 Å². The fraction of sp³-hybridized carbons (Fsp3) is 0.370. The van der Waals surface area contributed by atoms with Crippen LogP contribution in [0.2, 0.25) is 5.02 Å². The summed E-state index contributed by atoms with van der Waals surface area (Å²) in [7, 11) is 0. The molecule has 0 saturated carbocycles. The van der Waals surface area contributed by atoms with E-state index in [1.165, 1.54) is 11.8 Å². The summed E-state index contributed by atoms with van der Waals surface area (Å²) in [4.78, 5) is 41.4. The van der Waals surface area contributed by atoms with Crippen molar-refractivity contribution in [2.75, 3.05) is 10.7 Å². The lowest BCUT2D eigenvalue weighted by atomic mass is 10.0. The fourth-order valence-electron chi connectivity index (χ4n) is 3.62. The number of ether oxygens (including phenoxy) is 1. The molecule has 0 fully saturated rings. The van der Waals surface area contributed by atoms with Crippen LogP contribution in [-0.4, -0.2) is 35.2 Å². The summed E-state index contributed by atoms with van der Waals surface area (Å²) >= 11 is 7.50. The third kappa shape index (κ3) is 7.61. The normalized spacial score (nSPS) is 15.7. The Balaban J connectivity index is 1.93. The minimum absolute atomic E-state index is 0.0196. The van der Waals surface area contributed by atoms with E-state index in [1.54, 1.807) is 56.0 Å². The summed E-state index contributed by atoms with van der Waals surface area (Å²) in [5, 5.41) is 3.33. The molecular weight excluding hydrogens is 484 g/mol. The number of hydrogen-bond acceptors (Lipinski definition) is 5. The lowest BCUT2D eigenvalue weighted by molar-refractivity contribution is -0.120. The first-order valence-electron chi connectivity index (χ1n) is 11.5. The van der Waals surface area contributed by atoms with Crippen LogP contribution in [0.4, 0.5) is 10.5 Å². The molecule has 3 rings (SSSR count). The zero-order valence-electron chi connectivity index (χ0n) is 20.3. The Hall–Kier alpha value is -2.77. The second kappa shape index (κ2) is 11.8. The molecule has 1 aliphatic heterocycles. The standard InChI is InChI=1S/C27H31ClN2O4S/c1-5-6-7-8-23(31)19-11-14-24-22(15-19)30(16-18-9-12-20(28)13-10-18)25(32)21(17-35-24)29-26(33)34-27(2,3)4/h5,9-15,21H,1,6-8,16-17H2,2-4H3,(H,29,33)/t21-/m0/s1. The first kappa shape index (κ1) is 26.8. The van der Waals surface area contributed by atoms with Gasteiger partial charge in [0.25, 0.3) is 5.91 Å². The molecule has 0 spiro atoms. The van der Waals surface area contributed by atoms with E-state index in [2.05, 4.69) is 11.9 Å². The average molecular weight is 515 g/mol. The number of unbranched alkanes of at least 4 members (excludes halogenated alkanes) is 1. The van der Waals surface area contributed by atoms with Gasteiger partial charge in [0.15, 0.2) is 5.78 Å². The molecule has 6 nitrogen and oxygen atoms in total. The second-order valence-electron chi connectivity index (χ2n) is 9.35. The average Bonchev–Trinajstić information content (AvgIpc) is 2.91. The van der Waals surface area contributed by atoms with Gasteiger partial charge in [0.05, 0.1) is 12.2 Å². The van der Waals surface area contributed by atoms with E-state index in [1.807, 2.05) is 18.2 Å². The van der Waals surface area contributed by atoms with Crippen molar-refractivity contribution in [1.29, 1.82) is 0 Å². The largest absolute Gasteiger partial charge is 0.444 e. The summed E-state index contributed by atoms with van der Waals surface area (Å²) in [6.45, 7) is 9.28. The zero-order chi connectivity index (χ0) is 25.6. The number of nitrogens with zero attached hydrogens (tertiary/aromatic N) is 1. The van der Waals surface area contributed by atoms with Gasteiger partial charge in [0.2, 0.25) is 0 Å². The minimum atomic E-state index is -0.790. The van der Waals surface area contributed by atoms with E-state index < -0.39 is 17.7 Å². The van der Waals surface area contributed by atoms with E-state index in [-0.39, 0.29) is 18.2 Å². The molecule has 1 aliphatic rings. The highest BCUT2D eigenvalue weighted by Crippen LogP contribution is 2.36. The molecule has 1 N–H and O–H groups in total. The molecule has 2 aromatic carbocycles. The lowest BCUT2D eigenvalue weighted by Crippen LogP contribution is -2.50. The number of fused-ring (bicyclic) bond motifs is 1. The van der Waals surface area contributed by atoms with Crippen LogP contribution >= 0.6 is 23.4 Å². The predicted molar refractivity (Wildman–Crippen MR) is 141 cm³/mol. The van der Waals surface area contributed by atoms with E-state index in [4.69, 9.17) is 16.3 Å². The molecule has 0 unspecified atom stereocenters. The van der Waals surface area contributed by atoms with E-state index in [9.17, 15) is 14.4 Å². The Bertz CT molecular complexity index is 1100. The molecule has 0 aromatic heterocycles. The SMILES string of the molecule is C=CCCCC(=O)c1ccc2c(c1)N(Cc1ccc(Cl)cc1)C(=O)[C@@H](NC(=O)OC(C)(C)C)CS2. The maximum absolute atomic E-state index is 13.7. The Labute approximate surface area is 216 Å². The maximum atomic E-state index is 13.7. The number of benzene rings is 2. The third-order valence-electron chi connectivity index (χ3n) is 5.30. The molecule has 2 amide bonds. The molecule has 0 radical (unpaired) electrons. The highest BCUT2D eigenvalue weighted by molar-refractivity contribution is 7.99. The van der Waals surface area contributed by atoms with E-state index >= 15 is 0 Å². The number of carbonyl (C=O) groups excluding carboxylic acids is 3. The van der Waals surface area contributed by atoms with Crippen LogP contribution in [0.15, 0.2) is 60.0 Å². The van der Waals surface area contributed by atoms with Crippen molar-refractivity contribution in [2.45, 2.75) is 63.1 Å². The molecule has 1 atom stereocenters. The van der Waals surface area contributed by atoms with Gasteiger partial charge in [-0.1, -0.05) is 35.9 Å². The van der Waals surface area contributed by atoms with Crippen molar-refractivity contribution >= 4 is 46.8 Å². The molecule has 186 valence electrons. The number of allylic oxidation sites excluding steroid dienone is 1. The number of thioether (sulfide) groups is 1. The third-order valence-corrected chi connectivity index (χ3v) is 6.71. The summed E-state index contributed by atoms with van der Waals surface area (Å²) in [6, 6.07) is 11.9. The lowest BCUT2D eigenvalue weighted by Gasteiger charge is -2.27. The molecule has 2 aromatic rings. The summed E-state index contributed by atoms with van der Waals surface area (Å²) in [5.74, 6) is 0.0917. The van der Waals surface area contributed by atoms with Crippen molar-refractivity contribution in [3.63, 3.8) is 0 Å². The monoisotopic (exact) mass is 514 g/mol. The number of alkyl carbamates (subject to hydrolysis) is 1. The van der Waals surface area contributed by atoms with Crippen molar-refractivity contribution in [1.82, 2.24) is 5.32 Å². The molecule has 8 heteroatoms. The van der Waals surface area contributed by atoms with Gasteiger partial charge < -0.3 is 15.0 Å². The van der Waals surface area contributed by atoms with Gasteiger partial charge in [-0.05, 0) is 63.4 Å². The van der Waals surface area contributed by atoms with Gasteiger partial charge in [0, 0.05) is 27.7 Å². The number of ketones is 1. The maximum Gasteiger partial charge on any atom is 0.408 e. The Kier molecular flexibility index (Phi) is 9.03. The first-order valence-corrected chi connectivity index (χ1v) is 12.9. The fourth-order valence-corrected chi connectivity index (χ4v) is 4.79. The van der Waals surface area contributed by atoms with Gasteiger partial charge in [-0.3, -0.25) is 9.59 Å². The predicted octanol–water partition coefficient (Wildman–Crippen LogP) is 6.41. The van der Waals surface area contributed by atoms with Crippen molar-refractivity contribution in [2.24, 2.45) is 0 Å². The minimum Gasteiger partial charge on any atom is -0.444 e. The van der Waals surface area contributed by atoms with Crippen LogP contribution in [0.5, 0.6) is 0 Å². The number of carbonyl (C=O) groups is 3. The van der Waals surface area contributed by atoms with Crippen LogP contribution in [0, 0.1) is 0 Å². The van der Waals surface area contributed by atoms with Crippen LogP contribution in [0.25, 0.3) is 0 Å². The van der Waals surface area contributed by atoms with Crippen molar-refractivity contribution in [3.8, 4) is 0 Å². The van der Waals surface area contributed by atoms with Crippen LogP contribution in [-0.2, 0) is 16.1 Å². The molecule has 0 saturated heterocycles. The number of anilines is 1. The van der Waals surface area contributed by atoms with Gasteiger partial charge in [0.1, 0.15) is 11.6 Å². The van der Waals surface area contributed by atoms with Gasteiger partial charge in [-0.2, -0.15) is 0 Å². The van der Waals surface area contributed by atoms with Crippen molar-refractivity contribution < 1.29 is 19.1 Å². The summed E-state index contributed by atoms with van der Waals surface area (Å²) < 4.78 is 5.37. The Morgan fingerprint density at radius 3 is 2.60 bits per heavy atom. The zero-order valence-corrected chi connectivity index (χ0v) is 21.9. The number of rotatable bonds is 8. The summed E-state index contributed by atoms with van der Waals surface area (Å²) in [6.07, 6.45) is 3.05. The number of nitrogens with one attached hydrogen (secondary N) is 1. The number of amides is 2. The van der Waals surface area contributed by atoms with Crippen LogP contribution in [0.1, 0.15) is 56.0 Å². The summed E-state index contributed by atoms with van der Waals surface area (Å²) in [5.41, 5.74) is 1.40. The van der Waals surface area contributed by atoms with Crippen LogP contribution in [0.3, 0.4) is 0 Å². The number of halogens is 1. The molecule has 0 bridgehead atoms. The van der Waals surface area contributed by atoms with E-state index in [0.29, 0.717) is 28.4 Å². The van der Waals surface area contributed by atoms with Gasteiger partial charge >= 0.3 is 6.09 Å². The number of hydrogen-bond donors (Lipinski definition) is 1. The molecule has 35 heavy (non-hydrogen) atoms. The Morgan fingerprint density at radius 2 is 1.94 bits per heavy atom. The molecule has 1 heterocycles. The quantitative estimate of drug-likeness (QED) is 0.250. The molecule has 0 aliphatic carbocycles. The molecular formula is C27H31ClN2O4S. The second-order valence-corrected chi connectivity index (χ2v) is 10.8. The van der Waals surface area contributed by atoms with Crippen LogP contribution < -0.4 is 10.2 Å². The number of Topliss-reactive ketones (excluding diaryl/α,β-unsaturated/α-hetero) is 1. The Morgan fingerprint density at radius 1 is 1.23 bits per heavy atom. The first-order chi connectivity index (χ1) is 16.6. The van der Waals surface area contributed by atoms with Gasteiger partial charge in [-0.15, -0.1) is 18.3 Å². The van der Waals surface area contributed by atoms with E-state index in [0.717, 1.165) is 23.3 Å². The topological polar surface area (TPSA) is 75.7 Å². The highest BCUT2D eigenvalue weighted by Gasteiger charge is 2.33. The van der Waals surface area contributed by atoms with Gasteiger partial charge in [-0.25, -0.2) is 4.79 Å². The highest BCUT2D eigenvalue weighted by atomic mass is 35.5.